The minimum absolute atomic E-state index is 0.555. The van der Waals surface area contributed by atoms with E-state index in [1.165, 1.54) is 16.7 Å². The third-order valence-corrected chi connectivity index (χ3v) is 3.14. The summed E-state index contributed by atoms with van der Waals surface area (Å²) in [5.74, 6) is 3.09. The topological polar surface area (TPSA) is 12.9 Å². The van der Waals surface area contributed by atoms with Crippen molar-refractivity contribution in [1.82, 2.24) is 4.98 Å². The van der Waals surface area contributed by atoms with Gasteiger partial charge in [-0.2, -0.15) is 0 Å². The molecule has 1 heteroatoms. The second kappa shape index (κ2) is 5.06. The van der Waals surface area contributed by atoms with Gasteiger partial charge < -0.3 is 0 Å². The zero-order valence-corrected chi connectivity index (χ0v) is 11.1. The van der Waals surface area contributed by atoms with E-state index in [0.29, 0.717) is 11.6 Å². The number of rotatable bonds is 2. The second-order valence-corrected chi connectivity index (χ2v) is 4.81. The fraction of sp³-hybridized carbons (Fsp3) is 0.235. The Morgan fingerprint density at radius 1 is 1.17 bits per heavy atom. The smallest absolute Gasteiger partial charge is 0.112 e. The van der Waals surface area contributed by atoms with E-state index in [4.69, 9.17) is 6.42 Å². The Balaban J connectivity index is 2.42. The summed E-state index contributed by atoms with van der Waals surface area (Å²) < 4.78 is 0. The molecule has 1 aromatic heterocycles. The largest absolute Gasteiger partial charge is 0.247 e. The van der Waals surface area contributed by atoms with Crippen LogP contribution in [0.15, 0.2) is 36.5 Å². The standard InChI is InChI=1S/C17H17N/c1-5-16-8-6-15(11-18-16)17-9-7-14(12(2)3)10-13(17)4/h1,6-12H,2-4H3. The van der Waals surface area contributed by atoms with Gasteiger partial charge in [-0.15, -0.1) is 6.42 Å². The SMILES string of the molecule is C#Cc1ccc(-c2ccc(C(C)C)cc2C)cn1. The molecule has 0 bridgehead atoms. The van der Waals surface area contributed by atoms with Crippen LogP contribution in [0.4, 0.5) is 0 Å². The molecule has 0 saturated carbocycles. The lowest BCUT2D eigenvalue weighted by atomic mass is 9.95. The van der Waals surface area contributed by atoms with Crippen LogP contribution in [-0.4, -0.2) is 4.98 Å². The predicted octanol–water partition coefficient (Wildman–Crippen LogP) is 4.16. The zero-order valence-electron chi connectivity index (χ0n) is 11.1. The molecule has 0 aliphatic carbocycles. The summed E-state index contributed by atoms with van der Waals surface area (Å²) in [6.45, 7) is 6.55. The maximum absolute atomic E-state index is 5.31. The number of hydrogen-bond donors (Lipinski definition) is 0. The highest BCUT2D eigenvalue weighted by atomic mass is 14.7. The van der Waals surface area contributed by atoms with Crippen molar-refractivity contribution in [3.8, 4) is 23.5 Å². The van der Waals surface area contributed by atoms with Gasteiger partial charge >= 0.3 is 0 Å². The van der Waals surface area contributed by atoms with Crippen LogP contribution >= 0.6 is 0 Å². The van der Waals surface area contributed by atoms with Gasteiger partial charge in [0.25, 0.3) is 0 Å². The van der Waals surface area contributed by atoms with Gasteiger partial charge in [0.15, 0.2) is 0 Å². The molecular formula is C17H17N. The molecule has 0 aliphatic heterocycles. The summed E-state index contributed by atoms with van der Waals surface area (Å²) in [6, 6.07) is 10.5. The van der Waals surface area contributed by atoms with Gasteiger partial charge in [-0.05, 0) is 35.6 Å². The highest BCUT2D eigenvalue weighted by Crippen LogP contribution is 2.26. The van der Waals surface area contributed by atoms with Gasteiger partial charge in [-0.3, -0.25) is 0 Å². The van der Waals surface area contributed by atoms with Crippen LogP contribution in [0.2, 0.25) is 0 Å². The number of hydrogen-bond acceptors (Lipinski definition) is 1. The molecule has 0 radical (unpaired) electrons. The normalized spacial score (nSPS) is 10.4. The quantitative estimate of drug-likeness (QED) is 0.712. The van der Waals surface area contributed by atoms with E-state index < -0.39 is 0 Å². The van der Waals surface area contributed by atoms with E-state index in [9.17, 15) is 0 Å². The van der Waals surface area contributed by atoms with E-state index in [1.54, 1.807) is 0 Å². The van der Waals surface area contributed by atoms with Gasteiger partial charge in [-0.1, -0.05) is 44.0 Å². The maximum Gasteiger partial charge on any atom is 0.112 e. The van der Waals surface area contributed by atoms with Crippen molar-refractivity contribution in [3.63, 3.8) is 0 Å². The molecule has 0 N–H and O–H groups in total. The highest BCUT2D eigenvalue weighted by Gasteiger charge is 2.05. The van der Waals surface area contributed by atoms with Crippen molar-refractivity contribution in [2.24, 2.45) is 0 Å². The Labute approximate surface area is 109 Å². The molecule has 90 valence electrons. The summed E-state index contributed by atoms with van der Waals surface area (Å²) >= 11 is 0. The Morgan fingerprint density at radius 3 is 2.44 bits per heavy atom. The predicted molar refractivity (Wildman–Crippen MR) is 76.4 cm³/mol. The van der Waals surface area contributed by atoms with Crippen molar-refractivity contribution in [2.75, 3.05) is 0 Å². The van der Waals surface area contributed by atoms with Crippen LogP contribution in [0.25, 0.3) is 11.1 Å². The Bertz CT molecular complexity index is 586. The van der Waals surface area contributed by atoms with Crippen LogP contribution in [0.1, 0.15) is 36.6 Å². The molecule has 0 saturated heterocycles. The summed E-state index contributed by atoms with van der Waals surface area (Å²) in [4.78, 5) is 4.24. The first kappa shape index (κ1) is 12.4. The summed E-state index contributed by atoms with van der Waals surface area (Å²) in [6.07, 6.45) is 7.15. The van der Waals surface area contributed by atoms with Gasteiger partial charge in [0.1, 0.15) is 5.69 Å². The van der Waals surface area contributed by atoms with Crippen LogP contribution in [0.3, 0.4) is 0 Å². The van der Waals surface area contributed by atoms with Crippen molar-refractivity contribution in [3.05, 3.63) is 53.3 Å². The van der Waals surface area contributed by atoms with Gasteiger partial charge in [-0.25, -0.2) is 4.98 Å². The van der Waals surface area contributed by atoms with Crippen LogP contribution < -0.4 is 0 Å². The Hall–Kier alpha value is -2.07. The molecule has 2 aromatic rings. The van der Waals surface area contributed by atoms with E-state index in [2.05, 4.69) is 49.9 Å². The van der Waals surface area contributed by atoms with E-state index in [1.807, 2.05) is 18.3 Å². The maximum atomic E-state index is 5.31. The molecule has 2 rings (SSSR count). The lowest BCUT2D eigenvalue weighted by Gasteiger charge is -2.11. The lowest BCUT2D eigenvalue weighted by molar-refractivity contribution is 0.865. The average Bonchev–Trinajstić information content (AvgIpc) is 2.38. The second-order valence-electron chi connectivity index (χ2n) is 4.81. The van der Waals surface area contributed by atoms with E-state index in [0.717, 1.165) is 5.56 Å². The molecular weight excluding hydrogens is 218 g/mol. The average molecular weight is 235 g/mol. The van der Waals surface area contributed by atoms with Crippen molar-refractivity contribution >= 4 is 0 Å². The first-order chi connectivity index (χ1) is 8.61. The summed E-state index contributed by atoms with van der Waals surface area (Å²) in [7, 11) is 0. The minimum atomic E-state index is 0.555. The highest BCUT2D eigenvalue weighted by molar-refractivity contribution is 5.67. The molecule has 0 atom stereocenters. The van der Waals surface area contributed by atoms with Gasteiger partial charge in [0.2, 0.25) is 0 Å². The summed E-state index contributed by atoms with van der Waals surface area (Å²) in [5.41, 5.74) is 5.65. The molecule has 0 aliphatic rings. The molecule has 1 nitrogen and oxygen atoms in total. The monoisotopic (exact) mass is 235 g/mol. The lowest BCUT2D eigenvalue weighted by Crippen LogP contribution is -1.91. The molecule has 0 amide bonds. The number of pyridine rings is 1. The van der Waals surface area contributed by atoms with Crippen molar-refractivity contribution < 1.29 is 0 Å². The Morgan fingerprint density at radius 2 is 1.94 bits per heavy atom. The van der Waals surface area contributed by atoms with E-state index >= 15 is 0 Å². The van der Waals surface area contributed by atoms with Crippen LogP contribution in [0.5, 0.6) is 0 Å². The minimum Gasteiger partial charge on any atom is -0.247 e. The van der Waals surface area contributed by atoms with Gasteiger partial charge in [0, 0.05) is 11.8 Å². The third-order valence-electron chi connectivity index (χ3n) is 3.14. The molecule has 1 aromatic carbocycles. The van der Waals surface area contributed by atoms with Crippen molar-refractivity contribution in [2.45, 2.75) is 26.7 Å². The number of terminal acetylenes is 1. The fourth-order valence-electron chi connectivity index (χ4n) is 2.01. The zero-order chi connectivity index (χ0) is 13.1. The van der Waals surface area contributed by atoms with E-state index in [-0.39, 0.29) is 0 Å². The molecule has 0 fully saturated rings. The first-order valence-electron chi connectivity index (χ1n) is 6.15. The molecule has 18 heavy (non-hydrogen) atoms. The van der Waals surface area contributed by atoms with Gasteiger partial charge in [0.05, 0.1) is 0 Å². The summed E-state index contributed by atoms with van der Waals surface area (Å²) in [5, 5.41) is 0. The molecule has 0 unspecified atom stereocenters. The number of aromatic nitrogens is 1. The van der Waals surface area contributed by atoms with Crippen LogP contribution in [0, 0.1) is 19.3 Å². The molecule has 0 spiro atoms. The van der Waals surface area contributed by atoms with Crippen LogP contribution in [-0.2, 0) is 0 Å². The molecule has 1 heterocycles. The Kier molecular flexibility index (Phi) is 3.48. The number of nitrogens with zero attached hydrogens (tertiary/aromatic N) is 1. The fourth-order valence-corrected chi connectivity index (χ4v) is 2.01. The van der Waals surface area contributed by atoms with Crippen molar-refractivity contribution in [1.29, 1.82) is 0 Å². The first-order valence-corrected chi connectivity index (χ1v) is 6.15. The number of benzene rings is 1. The third kappa shape index (κ3) is 2.43. The number of aryl methyl sites for hydroxylation is 1.